The number of piperidine rings is 1. The molecular weight excluding hydrogens is 523 g/mol. The van der Waals surface area contributed by atoms with Crippen LogP contribution in [0, 0.1) is 5.41 Å². The fourth-order valence-corrected chi connectivity index (χ4v) is 4.92. The summed E-state index contributed by atoms with van der Waals surface area (Å²) in [7, 11) is 1.81. The smallest absolute Gasteiger partial charge is 0.260 e. The van der Waals surface area contributed by atoms with Crippen LogP contribution in [-0.4, -0.2) is 55.0 Å². The van der Waals surface area contributed by atoms with Crippen LogP contribution in [0.1, 0.15) is 24.8 Å². The molecule has 0 radical (unpaired) electrons. The minimum absolute atomic E-state index is 0.0141. The Labute approximate surface area is 234 Å². The van der Waals surface area contributed by atoms with Crippen LogP contribution in [0.3, 0.4) is 0 Å². The zero-order valence-corrected chi connectivity index (χ0v) is 23.0. The van der Waals surface area contributed by atoms with Gasteiger partial charge in [0.1, 0.15) is 11.5 Å². The number of nitrogens with zero attached hydrogens (tertiary/aromatic N) is 2. The molecule has 200 valence electrons. The molecule has 4 rings (SSSR count). The molecule has 0 spiro atoms. The molecule has 6 nitrogen and oxygen atoms in total. The van der Waals surface area contributed by atoms with Gasteiger partial charge in [-0.15, -0.1) is 0 Å². The van der Waals surface area contributed by atoms with Crippen molar-refractivity contribution >= 4 is 35.0 Å². The van der Waals surface area contributed by atoms with Gasteiger partial charge in [0, 0.05) is 48.6 Å². The Morgan fingerprint density at radius 1 is 0.895 bits per heavy atom. The van der Waals surface area contributed by atoms with E-state index in [9.17, 15) is 9.59 Å². The van der Waals surface area contributed by atoms with Crippen molar-refractivity contribution in [2.45, 2.75) is 25.8 Å². The fraction of sp³-hybridized carbons (Fsp3) is 0.333. The Kier molecular flexibility index (Phi) is 9.53. The second kappa shape index (κ2) is 13.0. The van der Waals surface area contributed by atoms with Gasteiger partial charge in [0.25, 0.3) is 5.91 Å². The van der Waals surface area contributed by atoms with Gasteiger partial charge in [-0.3, -0.25) is 9.59 Å². The average Bonchev–Trinajstić information content (AvgIpc) is 2.93. The molecule has 0 aliphatic carbocycles. The van der Waals surface area contributed by atoms with Crippen LogP contribution in [0.25, 0.3) is 0 Å². The predicted octanol–water partition coefficient (Wildman–Crippen LogP) is 6.11. The molecule has 1 aliphatic rings. The lowest BCUT2D eigenvalue weighted by Gasteiger charge is -2.42. The van der Waals surface area contributed by atoms with Gasteiger partial charge >= 0.3 is 0 Å². The Balaban J connectivity index is 1.45. The van der Waals surface area contributed by atoms with Gasteiger partial charge in [-0.25, -0.2) is 0 Å². The number of halogens is 2. The number of hydrogen-bond donors (Lipinski definition) is 0. The third-order valence-corrected chi connectivity index (χ3v) is 7.27. The van der Waals surface area contributed by atoms with E-state index in [-0.39, 0.29) is 24.8 Å². The highest BCUT2D eigenvalue weighted by Gasteiger charge is 2.40. The first-order valence-corrected chi connectivity index (χ1v) is 13.4. The summed E-state index contributed by atoms with van der Waals surface area (Å²) in [4.78, 5) is 30.1. The molecule has 0 unspecified atom stereocenters. The maximum Gasteiger partial charge on any atom is 0.260 e. The first kappa shape index (κ1) is 27.8. The largest absolute Gasteiger partial charge is 0.493 e. The van der Waals surface area contributed by atoms with Crippen LogP contribution in [0.2, 0.25) is 10.0 Å². The van der Waals surface area contributed by atoms with E-state index in [1.807, 2.05) is 49.5 Å². The average molecular weight is 556 g/mol. The van der Waals surface area contributed by atoms with Crippen molar-refractivity contribution < 1.29 is 19.1 Å². The Bertz CT molecular complexity index is 1210. The lowest BCUT2D eigenvalue weighted by atomic mass is 9.77. The lowest BCUT2D eigenvalue weighted by molar-refractivity contribution is -0.142. The molecular formula is C30H32Cl2N2O4. The van der Waals surface area contributed by atoms with Crippen molar-refractivity contribution in [3.8, 4) is 11.5 Å². The summed E-state index contributed by atoms with van der Waals surface area (Å²) in [6.07, 6.45) is 1.81. The second-order valence-corrected chi connectivity index (χ2v) is 10.7. The van der Waals surface area contributed by atoms with Gasteiger partial charge in [-0.05, 0) is 66.9 Å². The number of carbonyl (C=O) groups is 2. The zero-order valence-electron chi connectivity index (χ0n) is 21.4. The second-order valence-electron chi connectivity index (χ2n) is 9.82. The third-order valence-electron chi connectivity index (χ3n) is 6.76. The summed E-state index contributed by atoms with van der Waals surface area (Å²) in [6.45, 7) is 1.76. The number of ether oxygens (including phenoxy) is 2. The summed E-state index contributed by atoms with van der Waals surface area (Å²) in [5.74, 6) is 1.14. The van der Waals surface area contributed by atoms with Crippen LogP contribution in [0.5, 0.6) is 11.5 Å². The molecule has 0 bridgehead atoms. The molecule has 2 amide bonds. The molecule has 0 saturated carbocycles. The number of likely N-dealkylation sites (tertiary alicyclic amines) is 1. The highest BCUT2D eigenvalue weighted by molar-refractivity contribution is 6.30. The summed E-state index contributed by atoms with van der Waals surface area (Å²) >= 11 is 12.0. The van der Waals surface area contributed by atoms with E-state index in [0.717, 1.165) is 18.4 Å². The van der Waals surface area contributed by atoms with Crippen molar-refractivity contribution in [2.24, 2.45) is 5.41 Å². The molecule has 1 atom stereocenters. The predicted molar refractivity (Wildman–Crippen MR) is 150 cm³/mol. The number of benzene rings is 3. The highest BCUT2D eigenvalue weighted by atomic mass is 35.5. The Morgan fingerprint density at radius 2 is 1.50 bits per heavy atom. The molecule has 3 aromatic carbocycles. The van der Waals surface area contributed by atoms with E-state index >= 15 is 0 Å². The van der Waals surface area contributed by atoms with Gasteiger partial charge in [0.2, 0.25) is 5.91 Å². The SMILES string of the molecule is CN(Cc1ccccc1)C(=O)C[C@@]1(COc2ccc(Cl)cc2)CCCN(C(=O)COc2ccc(Cl)cc2)C1. The molecule has 1 heterocycles. The van der Waals surface area contributed by atoms with Gasteiger partial charge < -0.3 is 19.3 Å². The van der Waals surface area contributed by atoms with Crippen molar-refractivity contribution in [1.29, 1.82) is 0 Å². The van der Waals surface area contributed by atoms with E-state index in [1.165, 1.54) is 0 Å². The van der Waals surface area contributed by atoms with Crippen molar-refractivity contribution in [3.63, 3.8) is 0 Å². The molecule has 1 fully saturated rings. The number of rotatable bonds is 10. The molecule has 38 heavy (non-hydrogen) atoms. The van der Waals surface area contributed by atoms with Crippen LogP contribution in [0.4, 0.5) is 0 Å². The Hall–Kier alpha value is -3.22. The maximum absolute atomic E-state index is 13.4. The summed E-state index contributed by atoms with van der Waals surface area (Å²) in [5.41, 5.74) is 0.533. The van der Waals surface area contributed by atoms with Gasteiger partial charge in [-0.2, -0.15) is 0 Å². The molecule has 0 aromatic heterocycles. The van der Waals surface area contributed by atoms with E-state index in [0.29, 0.717) is 47.8 Å². The first-order valence-electron chi connectivity index (χ1n) is 12.6. The minimum Gasteiger partial charge on any atom is -0.493 e. The van der Waals surface area contributed by atoms with Gasteiger partial charge in [0.05, 0.1) is 6.61 Å². The standard InChI is InChI=1S/C30H32Cl2N2O4/c1-33(19-23-6-3-2-4-7-23)28(35)18-30(22-38-27-14-10-25(32)11-15-27)16-5-17-34(21-30)29(36)20-37-26-12-8-24(31)9-13-26/h2-4,6-15H,5,16-22H2,1H3/t30-/m0/s1. The van der Waals surface area contributed by atoms with Crippen molar-refractivity contribution in [2.75, 3.05) is 33.4 Å². The number of carbonyl (C=O) groups excluding carboxylic acids is 2. The normalized spacial score (nSPS) is 17.1. The van der Waals surface area contributed by atoms with E-state index in [2.05, 4.69) is 0 Å². The van der Waals surface area contributed by atoms with E-state index in [4.69, 9.17) is 32.7 Å². The Morgan fingerprint density at radius 3 is 2.13 bits per heavy atom. The molecule has 8 heteroatoms. The monoisotopic (exact) mass is 554 g/mol. The van der Waals surface area contributed by atoms with Crippen molar-refractivity contribution in [3.05, 3.63) is 94.5 Å². The topological polar surface area (TPSA) is 59.1 Å². The quantitative estimate of drug-likeness (QED) is 0.303. The van der Waals surface area contributed by atoms with Crippen LogP contribution in [-0.2, 0) is 16.1 Å². The van der Waals surface area contributed by atoms with Crippen LogP contribution < -0.4 is 9.47 Å². The summed E-state index contributed by atoms with van der Waals surface area (Å²) in [5, 5.41) is 1.23. The van der Waals surface area contributed by atoms with Crippen molar-refractivity contribution in [1.82, 2.24) is 9.80 Å². The highest BCUT2D eigenvalue weighted by Crippen LogP contribution is 2.35. The molecule has 3 aromatic rings. The van der Waals surface area contributed by atoms with Crippen LogP contribution >= 0.6 is 23.2 Å². The summed E-state index contributed by atoms with van der Waals surface area (Å²) in [6, 6.07) is 24.0. The minimum atomic E-state index is -0.532. The number of hydrogen-bond acceptors (Lipinski definition) is 4. The lowest BCUT2D eigenvalue weighted by Crippen LogP contribution is -2.51. The molecule has 1 aliphatic heterocycles. The molecule has 1 saturated heterocycles. The summed E-state index contributed by atoms with van der Waals surface area (Å²) < 4.78 is 11.9. The van der Waals surface area contributed by atoms with Gasteiger partial charge in [-0.1, -0.05) is 53.5 Å². The first-order chi connectivity index (χ1) is 18.3. The zero-order chi connectivity index (χ0) is 27.0. The van der Waals surface area contributed by atoms with E-state index < -0.39 is 5.41 Å². The number of amides is 2. The van der Waals surface area contributed by atoms with Crippen LogP contribution in [0.15, 0.2) is 78.9 Å². The maximum atomic E-state index is 13.4. The van der Waals surface area contributed by atoms with Gasteiger partial charge in [0.15, 0.2) is 6.61 Å². The fourth-order valence-electron chi connectivity index (χ4n) is 4.67. The van der Waals surface area contributed by atoms with E-state index in [1.54, 1.807) is 46.2 Å². The molecule has 0 N–H and O–H groups in total. The third kappa shape index (κ3) is 7.89.